The van der Waals surface area contributed by atoms with Crippen molar-refractivity contribution in [1.29, 1.82) is 0 Å². The van der Waals surface area contributed by atoms with E-state index in [2.05, 4.69) is 25.1 Å². The van der Waals surface area contributed by atoms with Gasteiger partial charge in [0.15, 0.2) is 17.3 Å². The SMILES string of the molecule is Nc1nonc1-c1nncn1C1CCCCC1. The third-order valence-electron chi connectivity index (χ3n) is 3.27. The molecule has 2 N–H and O–H groups in total. The summed E-state index contributed by atoms with van der Waals surface area (Å²) in [5, 5.41) is 15.4. The van der Waals surface area contributed by atoms with Crippen molar-refractivity contribution in [2.45, 2.75) is 38.1 Å². The van der Waals surface area contributed by atoms with Crippen LogP contribution in [0.15, 0.2) is 11.0 Å². The quantitative estimate of drug-likeness (QED) is 0.844. The molecule has 7 heteroatoms. The van der Waals surface area contributed by atoms with Gasteiger partial charge < -0.3 is 10.3 Å². The number of nitrogens with two attached hydrogens (primary N) is 1. The number of nitrogen functional groups attached to an aromatic ring is 1. The Morgan fingerprint density at radius 3 is 2.76 bits per heavy atom. The van der Waals surface area contributed by atoms with E-state index < -0.39 is 0 Å². The second-order valence-corrected chi connectivity index (χ2v) is 4.35. The van der Waals surface area contributed by atoms with E-state index in [-0.39, 0.29) is 5.82 Å². The zero-order valence-electron chi connectivity index (χ0n) is 9.41. The second-order valence-electron chi connectivity index (χ2n) is 4.35. The number of hydrogen-bond donors (Lipinski definition) is 1. The fourth-order valence-electron chi connectivity index (χ4n) is 2.39. The van der Waals surface area contributed by atoms with Gasteiger partial charge in [-0.25, -0.2) is 4.63 Å². The standard InChI is InChI=1S/C10H14N6O/c11-9-8(14-17-15-9)10-13-12-6-16(10)7-4-2-1-3-5-7/h6-7H,1-5H2,(H2,11,15). The van der Waals surface area contributed by atoms with Gasteiger partial charge in [0.05, 0.1) is 0 Å². The Balaban J connectivity index is 1.96. The number of aromatic nitrogens is 5. The van der Waals surface area contributed by atoms with Crippen molar-refractivity contribution in [2.24, 2.45) is 0 Å². The summed E-state index contributed by atoms with van der Waals surface area (Å²) in [6, 6.07) is 0.435. The Morgan fingerprint density at radius 1 is 1.24 bits per heavy atom. The van der Waals surface area contributed by atoms with Crippen LogP contribution in [0.5, 0.6) is 0 Å². The van der Waals surface area contributed by atoms with Gasteiger partial charge in [0.2, 0.25) is 0 Å². The van der Waals surface area contributed by atoms with E-state index >= 15 is 0 Å². The van der Waals surface area contributed by atoms with Gasteiger partial charge in [-0.15, -0.1) is 10.2 Å². The molecule has 0 amide bonds. The van der Waals surface area contributed by atoms with Crippen molar-refractivity contribution in [1.82, 2.24) is 25.1 Å². The van der Waals surface area contributed by atoms with Crippen LogP contribution < -0.4 is 5.73 Å². The monoisotopic (exact) mass is 234 g/mol. The van der Waals surface area contributed by atoms with E-state index in [1.165, 1.54) is 19.3 Å². The lowest BCUT2D eigenvalue weighted by molar-refractivity contribution is 0.309. The van der Waals surface area contributed by atoms with Gasteiger partial charge in [0, 0.05) is 6.04 Å². The first-order valence-electron chi connectivity index (χ1n) is 5.84. The molecule has 0 saturated heterocycles. The van der Waals surface area contributed by atoms with E-state index in [1.807, 2.05) is 4.57 Å². The molecule has 2 aromatic heterocycles. The van der Waals surface area contributed by atoms with Crippen LogP contribution in [0.4, 0.5) is 5.82 Å². The average molecular weight is 234 g/mol. The molecule has 0 aliphatic heterocycles. The summed E-state index contributed by atoms with van der Waals surface area (Å²) in [6.45, 7) is 0. The highest BCUT2D eigenvalue weighted by molar-refractivity contribution is 5.62. The lowest BCUT2D eigenvalue weighted by atomic mass is 9.95. The Morgan fingerprint density at radius 2 is 2.06 bits per heavy atom. The lowest BCUT2D eigenvalue weighted by Crippen LogP contribution is -2.13. The molecule has 90 valence electrons. The summed E-state index contributed by atoms with van der Waals surface area (Å²) in [5.74, 6) is 0.908. The molecule has 0 aromatic carbocycles. The van der Waals surface area contributed by atoms with Crippen LogP contribution in [0.3, 0.4) is 0 Å². The molecule has 1 aliphatic carbocycles. The number of anilines is 1. The Kier molecular flexibility index (Phi) is 2.50. The van der Waals surface area contributed by atoms with Gasteiger partial charge in [-0.05, 0) is 23.2 Å². The van der Waals surface area contributed by atoms with Gasteiger partial charge in [0.25, 0.3) is 0 Å². The molecule has 0 bridgehead atoms. The van der Waals surface area contributed by atoms with Crippen LogP contribution in [-0.2, 0) is 0 Å². The van der Waals surface area contributed by atoms with Crippen LogP contribution in [0.25, 0.3) is 11.5 Å². The van der Waals surface area contributed by atoms with Crippen molar-refractivity contribution in [3.05, 3.63) is 6.33 Å². The normalized spacial score (nSPS) is 17.4. The predicted molar refractivity (Wildman–Crippen MR) is 59.8 cm³/mol. The predicted octanol–water partition coefficient (Wildman–Crippen LogP) is 1.42. The first-order chi connectivity index (χ1) is 8.36. The summed E-state index contributed by atoms with van der Waals surface area (Å²) in [6.07, 6.45) is 7.83. The van der Waals surface area contributed by atoms with E-state index in [1.54, 1.807) is 6.33 Å². The Bertz CT molecular complexity index is 498. The van der Waals surface area contributed by atoms with Crippen molar-refractivity contribution >= 4 is 5.82 Å². The van der Waals surface area contributed by atoms with E-state index in [0.29, 0.717) is 17.6 Å². The van der Waals surface area contributed by atoms with Gasteiger partial charge >= 0.3 is 0 Å². The third-order valence-corrected chi connectivity index (χ3v) is 3.27. The Labute approximate surface area is 98.0 Å². The molecule has 1 saturated carbocycles. The fraction of sp³-hybridized carbons (Fsp3) is 0.600. The molecule has 0 unspecified atom stereocenters. The average Bonchev–Trinajstić information content (AvgIpc) is 2.98. The number of hydrogen-bond acceptors (Lipinski definition) is 6. The van der Waals surface area contributed by atoms with Crippen LogP contribution in [0, 0.1) is 0 Å². The van der Waals surface area contributed by atoms with Crippen molar-refractivity contribution in [3.8, 4) is 11.5 Å². The minimum absolute atomic E-state index is 0.259. The van der Waals surface area contributed by atoms with Gasteiger partial charge in [0.1, 0.15) is 6.33 Å². The maximum absolute atomic E-state index is 5.68. The highest BCUT2D eigenvalue weighted by atomic mass is 16.6. The van der Waals surface area contributed by atoms with Crippen LogP contribution >= 0.6 is 0 Å². The molecule has 0 spiro atoms. The summed E-state index contributed by atoms with van der Waals surface area (Å²) in [4.78, 5) is 0. The molecule has 0 atom stereocenters. The highest BCUT2D eigenvalue weighted by Gasteiger charge is 2.22. The van der Waals surface area contributed by atoms with E-state index in [0.717, 1.165) is 12.8 Å². The van der Waals surface area contributed by atoms with E-state index in [4.69, 9.17) is 5.73 Å². The summed E-state index contributed by atoms with van der Waals surface area (Å²) >= 11 is 0. The topological polar surface area (TPSA) is 95.7 Å². The first-order valence-corrected chi connectivity index (χ1v) is 5.84. The van der Waals surface area contributed by atoms with Crippen molar-refractivity contribution in [3.63, 3.8) is 0 Å². The molecule has 17 heavy (non-hydrogen) atoms. The van der Waals surface area contributed by atoms with Crippen molar-refractivity contribution < 1.29 is 4.63 Å². The largest absolute Gasteiger partial charge is 0.379 e. The second kappa shape index (κ2) is 4.15. The number of nitrogens with zero attached hydrogens (tertiary/aromatic N) is 5. The molecule has 2 aromatic rings. The zero-order chi connectivity index (χ0) is 11.7. The van der Waals surface area contributed by atoms with E-state index in [9.17, 15) is 0 Å². The third kappa shape index (κ3) is 1.77. The summed E-state index contributed by atoms with van der Waals surface area (Å²) in [7, 11) is 0. The number of rotatable bonds is 2. The molecule has 7 nitrogen and oxygen atoms in total. The molecule has 3 rings (SSSR count). The van der Waals surface area contributed by atoms with Crippen LogP contribution in [0.2, 0.25) is 0 Å². The molecule has 1 fully saturated rings. The van der Waals surface area contributed by atoms with Gasteiger partial charge in [-0.3, -0.25) is 0 Å². The Hall–Kier alpha value is -1.92. The summed E-state index contributed by atoms with van der Waals surface area (Å²) < 4.78 is 6.64. The zero-order valence-corrected chi connectivity index (χ0v) is 9.41. The van der Waals surface area contributed by atoms with Gasteiger partial charge in [-0.1, -0.05) is 19.3 Å². The summed E-state index contributed by atoms with van der Waals surface area (Å²) in [5.41, 5.74) is 6.16. The lowest BCUT2D eigenvalue weighted by Gasteiger charge is -2.23. The molecule has 1 aliphatic rings. The highest BCUT2D eigenvalue weighted by Crippen LogP contribution is 2.31. The van der Waals surface area contributed by atoms with Crippen LogP contribution in [0.1, 0.15) is 38.1 Å². The van der Waals surface area contributed by atoms with Crippen LogP contribution in [-0.4, -0.2) is 25.1 Å². The van der Waals surface area contributed by atoms with Gasteiger partial charge in [-0.2, -0.15) is 0 Å². The molecular weight excluding hydrogens is 220 g/mol. The minimum Gasteiger partial charge on any atom is -0.379 e. The first kappa shape index (κ1) is 10.2. The van der Waals surface area contributed by atoms with Crippen molar-refractivity contribution in [2.75, 3.05) is 5.73 Å². The maximum Gasteiger partial charge on any atom is 0.199 e. The fourth-order valence-corrected chi connectivity index (χ4v) is 2.39. The molecule has 0 radical (unpaired) electrons. The molecular formula is C10H14N6O. The smallest absolute Gasteiger partial charge is 0.199 e. The molecule has 2 heterocycles. The minimum atomic E-state index is 0.259. The maximum atomic E-state index is 5.68.